The maximum absolute atomic E-state index is 12.4. The van der Waals surface area contributed by atoms with Crippen LogP contribution in [0.15, 0.2) is 18.3 Å². The molecule has 2 atom stereocenters. The number of ketones is 1. The first-order chi connectivity index (χ1) is 10.1. The van der Waals surface area contributed by atoms with Gasteiger partial charge in [-0.25, -0.2) is 0 Å². The SMILES string of the molecule is O=C1CCC(NC(=O)C2CCC(=O)c3cccn32)C(=O)N1. The second kappa shape index (κ2) is 5.16. The highest BCUT2D eigenvalue weighted by Crippen LogP contribution is 2.25. The van der Waals surface area contributed by atoms with Gasteiger partial charge in [-0.15, -0.1) is 0 Å². The number of aromatic nitrogens is 1. The van der Waals surface area contributed by atoms with Crippen LogP contribution in [-0.4, -0.2) is 34.1 Å². The zero-order chi connectivity index (χ0) is 15.0. The van der Waals surface area contributed by atoms with Crippen LogP contribution in [0.3, 0.4) is 0 Å². The Labute approximate surface area is 120 Å². The maximum Gasteiger partial charge on any atom is 0.249 e. The predicted octanol–water partition coefficient (Wildman–Crippen LogP) is -0.0729. The van der Waals surface area contributed by atoms with Gasteiger partial charge in [-0.3, -0.25) is 24.5 Å². The summed E-state index contributed by atoms with van der Waals surface area (Å²) in [6.07, 6.45) is 2.95. The van der Waals surface area contributed by atoms with Gasteiger partial charge < -0.3 is 9.88 Å². The van der Waals surface area contributed by atoms with Crippen LogP contribution in [0.1, 0.15) is 42.2 Å². The van der Waals surface area contributed by atoms with Crippen LogP contribution in [0.2, 0.25) is 0 Å². The fraction of sp³-hybridized carbons (Fsp3) is 0.429. The third kappa shape index (κ3) is 2.46. The molecule has 0 aromatic carbocycles. The van der Waals surface area contributed by atoms with Crippen LogP contribution < -0.4 is 10.6 Å². The molecule has 1 saturated heterocycles. The Bertz CT molecular complexity index is 634. The molecule has 7 nitrogen and oxygen atoms in total. The lowest BCUT2D eigenvalue weighted by Crippen LogP contribution is -2.53. The Kier molecular flexibility index (Phi) is 3.32. The van der Waals surface area contributed by atoms with E-state index in [1.54, 1.807) is 22.9 Å². The van der Waals surface area contributed by atoms with Crippen LogP contribution in [0.25, 0.3) is 0 Å². The molecule has 0 radical (unpaired) electrons. The second-order valence-corrected chi connectivity index (χ2v) is 5.29. The lowest BCUT2D eigenvalue weighted by molar-refractivity contribution is -0.138. The Morgan fingerprint density at radius 3 is 2.81 bits per heavy atom. The molecule has 3 heterocycles. The molecule has 1 aromatic rings. The summed E-state index contributed by atoms with van der Waals surface area (Å²) in [4.78, 5) is 46.8. The molecule has 0 bridgehead atoms. The summed E-state index contributed by atoms with van der Waals surface area (Å²) in [6, 6.07) is 2.24. The van der Waals surface area contributed by atoms with Gasteiger partial charge in [0, 0.05) is 19.0 Å². The molecule has 3 amide bonds. The van der Waals surface area contributed by atoms with Crippen molar-refractivity contribution in [2.75, 3.05) is 0 Å². The highest BCUT2D eigenvalue weighted by atomic mass is 16.2. The summed E-state index contributed by atoms with van der Waals surface area (Å²) in [5, 5.41) is 4.87. The molecule has 2 N–H and O–H groups in total. The van der Waals surface area contributed by atoms with E-state index in [0.29, 0.717) is 25.0 Å². The van der Waals surface area contributed by atoms with Crippen LogP contribution in [0.4, 0.5) is 0 Å². The summed E-state index contributed by atoms with van der Waals surface area (Å²) >= 11 is 0. The third-order valence-corrected chi connectivity index (χ3v) is 3.90. The predicted molar refractivity (Wildman–Crippen MR) is 71.3 cm³/mol. The molecule has 0 spiro atoms. The minimum atomic E-state index is -0.688. The summed E-state index contributed by atoms with van der Waals surface area (Å²) in [5.74, 6) is -1.07. The molecule has 0 aliphatic carbocycles. The van der Waals surface area contributed by atoms with Crippen molar-refractivity contribution >= 4 is 23.5 Å². The molecule has 1 fully saturated rings. The van der Waals surface area contributed by atoms with E-state index in [1.807, 2.05) is 0 Å². The van der Waals surface area contributed by atoms with E-state index in [2.05, 4.69) is 10.6 Å². The van der Waals surface area contributed by atoms with Gasteiger partial charge in [0.2, 0.25) is 17.7 Å². The van der Waals surface area contributed by atoms with E-state index < -0.39 is 18.0 Å². The van der Waals surface area contributed by atoms with Crippen molar-refractivity contribution < 1.29 is 19.2 Å². The van der Waals surface area contributed by atoms with Crippen molar-refractivity contribution in [2.24, 2.45) is 0 Å². The fourth-order valence-electron chi connectivity index (χ4n) is 2.79. The van der Waals surface area contributed by atoms with E-state index >= 15 is 0 Å². The number of nitrogens with zero attached hydrogens (tertiary/aromatic N) is 1. The number of piperidine rings is 1. The van der Waals surface area contributed by atoms with Gasteiger partial charge in [0.25, 0.3) is 0 Å². The molecule has 3 rings (SSSR count). The van der Waals surface area contributed by atoms with Gasteiger partial charge in [0.15, 0.2) is 5.78 Å². The molecule has 0 saturated carbocycles. The van der Waals surface area contributed by atoms with Crippen LogP contribution in [0, 0.1) is 0 Å². The zero-order valence-corrected chi connectivity index (χ0v) is 11.3. The molecule has 7 heteroatoms. The molecule has 2 aliphatic rings. The Morgan fingerprint density at radius 1 is 1.24 bits per heavy atom. The average molecular weight is 289 g/mol. The number of rotatable bonds is 2. The molecule has 2 aliphatic heterocycles. The van der Waals surface area contributed by atoms with Crippen LogP contribution >= 0.6 is 0 Å². The molecule has 21 heavy (non-hydrogen) atoms. The van der Waals surface area contributed by atoms with Gasteiger partial charge in [0.1, 0.15) is 12.1 Å². The van der Waals surface area contributed by atoms with Crippen LogP contribution in [0.5, 0.6) is 0 Å². The Morgan fingerprint density at radius 2 is 2.05 bits per heavy atom. The summed E-state index contributed by atoms with van der Waals surface area (Å²) in [6.45, 7) is 0. The van der Waals surface area contributed by atoms with Crippen LogP contribution in [-0.2, 0) is 14.4 Å². The largest absolute Gasteiger partial charge is 0.342 e. The zero-order valence-electron chi connectivity index (χ0n) is 11.3. The van der Waals surface area contributed by atoms with Crippen molar-refractivity contribution in [3.05, 3.63) is 24.0 Å². The number of carbonyl (C=O) groups excluding carboxylic acids is 4. The van der Waals surface area contributed by atoms with Gasteiger partial charge in [-0.05, 0) is 25.0 Å². The number of hydrogen-bond donors (Lipinski definition) is 2. The first kappa shape index (κ1) is 13.5. The normalized spacial score (nSPS) is 25.2. The van der Waals surface area contributed by atoms with E-state index in [1.165, 1.54) is 0 Å². The molecule has 1 aromatic heterocycles. The molecule has 2 unspecified atom stereocenters. The second-order valence-electron chi connectivity index (χ2n) is 5.29. The van der Waals surface area contributed by atoms with Gasteiger partial charge in [-0.2, -0.15) is 0 Å². The van der Waals surface area contributed by atoms with Gasteiger partial charge >= 0.3 is 0 Å². The summed E-state index contributed by atoms with van der Waals surface area (Å²) in [7, 11) is 0. The number of Topliss-reactive ketones (excluding diaryl/α,β-unsaturated/α-hetero) is 1. The minimum Gasteiger partial charge on any atom is -0.342 e. The van der Waals surface area contributed by atoms with Crippen molar-refractivity contribution in [2.45, 2.75) is 37.8 Å². The first-order valence-electron chi connectivity index (χ1n) is 6.90. The monoisotopic (exact) mass is 289 g/mol. The lowest BCUT2D eigenvalue weighted by Gasteiger charge is -2.28. The van der Waals surface area contributed by atoms with Crippen molar-refractivity contribution in [1.82, 2.24) is 15.2 Å². The molecular formula is C14H15N3O4. The number of fused-ring (bicyclic) bond motifs is 1. The molecule has 110 valence electrons. The van der Waals surface area contributed by atoms with Crippen molar-refractivity contribution in [3.8, 4) is 0 Å². The standard InChI is InChI=1S/C14H15N3O4/c18-11-5-4-10(17-7-1-2-9(11)17)14(21)15-8-3-6-12(19)16-13(8)20/h1-2,7-8,10H,3-6H2,(H,15,21)(H,16,19,20). The highest BCUT2D eigenvalue weighted by Gasteiger charge is 2.33. The van der Waals surface area contributed by atoms with Crippen molar-refractivity contribution in [1.29, 1.82) is 0 Å². The summed E-state index contributed by atoms with van der Waals surface area (Å²) < 4.78 is 1.65. The Hall–Kier alpha value is -2.44. The molecular weight excluding hydrogens is 274 g/mol. The third-order valence-electron chi connectivity index (χ3n) is 3.90. The topological polar surface area (TPSA) is 97.3 Å². The van der Waals surface area contributed by atoms with E-state index in [0.717, 1.165) is 0 Å². The maximum atomic E-state index is 12.4. The minimum absolute atomic E-state index is 0.0186. The lowest BCUT2D eigenvalue weighted by atomic mass is 10.00. The van der Waals surface area contributed by atoms with Gasteiger partial charge in [0.05, 0.1) is 5.69 Å². The van der Waals surface area contributed by atoms with Gasteiger partial charge in [-0.1, -0.05) is 0 Å². The first-order valence-corrected chi connectivity index (χ1v) is 6.90. The average Bonchev–Trinajstić information content (AvgIpc) is 2.92. The summed E-state index contributed by atoms with van der Waals surface area (Å²) in [5.41, 5.74) is 0.518. The number of amides is 3. The number of carbonyl (C=O) groups is 4. The number of hydrogen-bond acceptors (Lipinski definition) is 4. The highest BCUT2D eigenvalue weighted by molar-refractivity contribution is 6.02. The Balaban J connectivity index is 1.72. The fourth-order valence-corrected chi connectivity index (χ4v) is 2.79. The van der Waals surface area contributed by atoms with E-state index in [4.69, 9.17) is 0 Å². The van der Waals surface area contributed by atoms with E-state index in [9.17, 15) is 19.2 Å². The quantitative estimate of drug-likeness (QED) is 0.745. The van der Waals surface area contributed by atoms with Crippen molar-refractivity contribution in [3.63, 3.8) is 0 Å². The smallest absolute Gasteiger partial charge is 0.249 e. The number of imide groups is 1. The van der Waals surface area contributed by atoms with E-state index in [-0.39, 0.29) is 24.0 Å². The number of nitrogens with one attached hydrogen (secondary N) is 2.